The van der Waals surface area contributed by atoms with Crippen LogP contribution < -0.4 is 9.64 Å². The first-order chi connectivity index (χ1) is 13.7. The van der Waals surface area contributed by atoms with Crippen molar-refractivity contribution in [2.75, 3.05) is 24.6 Å². The van der Waals surface area contributed by atoms with E-state index in [1.54, 1.807) is 6.07 Å². The molecule has 2 amide bonds. The lowest BCUT2D eigenvalue weighted by atomic mass is 10.1. The molecule has 3 heterocycles. The molecule has 0 aliphatic carbocycles. The standard InChI is InChI=1S/C22H24N2O3S/c1-2-14-27-17-10-5-4-9-16(17)24-21(25)19(18-11-8-15-28-18)20(22(24)26)23-12-6-3-7-13-23/h4-5,8-11,15H,2-3,6-7,12-14H2,1H3. The van der Waals surface area contributed by atoms with E-state index in [0.29, 0.717) is 29.3 Å². The van der Waals surface area contributed by atoms with E-state index in [1.165, 1.54) is 16.2 Å². The van der Waals surface area contributed by atoms with Gasteiger partial charge in [0.05, 0.1) is 17.9 Å². The van der Waals surface area contributed by atoms with Crippen LogP contribution in [-0.2, 0) is 9.59 Å². The Morgan fingerprint density at radius 3 is 2.50 bits per heavy atom. The number of carbonyl (C=O) groups is 2. The molecule has 146 valence electrons. The number of likely N-dealkylation sites (tertiary alicyclic amines) is 1. The van der Waals surface area contributed by atoms with Gasteiger partial charge in [-0.2, -0.15) is 0 Å². The molecule has 0 N–H and O–H groups in total. The van der Waals surface area contributed by atoms with Crippen molar-refractivity contribution in [3.8, 4) is 5.75 Å². The number of hydrogen-bond acceptors (Lipinski definition) is 5. The van der Waals surface area contributed by atoms with Gasteiger partial charge in [0.15, 0.2) is 0 Å². The lowest BCUT2D eigenvalue weighted by molar-refractivity contribution is -0.120. The number of rotatable bonds is 6. The minimum absolute atomic E-state index is 0.247. The van der Waals surface area contributed by atoms with Crippen molar-refractivity contribution in [1.82, 2.24) is 4.90 Å². The molecule has 5 nitrogen and oxygen atoms in total. The van der Waals surface area contributed by atoms with E-state index in [4.69, 9.17) is 4.74 Å². The third-order valence-electron chi connectivity index (χ3n) is 5.07. The Balaban J connectivity index is 1.77. The van der Waals surface area contributed by atoms with Gasteiger partial charge in [-0.1, -0.05) is 25.1 Å². The van der Waals surface area contributed by atoms with Gasteiger partial charge in [-0.3, -0.25) is 9.59 Å². The summed E-state index contributed by atoms with van der Waals surface area (Å²) in [5.41, 5.74) is 1.58. The first kappa shape index (κ1) is 18.7. The number of benzene rings is 1. The molecule has 28 heavy (non-hydrogen) atoms. The highest BCUT2D eigenvalue weighted by Crippen LogP contribution is 2.40. The van der Waals surface area contributed by atoms with Gasteiger partial charge in [0.1, 0.15) is 11.4 Å². The lowest BCUT2D eigenvalue weighted by Crippen LogP contribution is -2.37. The lowest BCUT2D eigenvalue weighted by Gasteiger charge is -2.29. The molecule has 2 aliphatic rings. The van der Waals surface area contributed by atoms with Gasteiger partial charge < -0.3 is 9.64 Å². The molecule has 4 rings (SSSR count). The van der Waals surface area contributed by atoms with Gasteiger partial charge in [0.2, 0.25) is 0 Å². The van der Waals surface area contributed by atoms with Crippen LogP contribution in [0.5, 0.6) is 5.75 Å². The summed E-state index contributed by atoms with van der Waals surface area (Å²) in [5, 5.41) is 1.94. The number of piperidine rings is 1. The largest absolute Gasteiger partial charge is 0.491 e. The van der Waals surface area contributed by atoms with Gasteiger partial charge in [0, 0.05) is 18.0 Å². The Kier molecular flexibility index (Phi) is 5.48. The summed E-state index contributed by atoms with van der Waals surface area (Å²) in [6.07, 6.45) is 4.10. The van der Waals surface area contributed by atoms with Crippen LogP contribution in [0.1, 0.15) is 37.5 Å². The Morgan fingerprint density at radius 1 is 1.00 bits per heavy atom. The second-order valence-corrected chi connectivity index (χ2v) is 7.96. The molecule has 0 radical (unpaired) electrons. The van der Waals surface area contributed by atoms with Crippen molar-refractivity contribution < 1.29 is 14.3 Å². The third kappa shape index (κ3) is 3.33. The predicted octanol–water partition coefficient (Wildman–Crippen LogP) is 4.31. The maximum absolute atomic E-state index is 13.5. The van der Waals surface area contributed by atoms with E-state index in [0.717, 1.165) is 43.6 Å². The topological polar surface area (TPSA) is 49.9 Å². The van der Waals surface area contributed by atoms with Crippen LogP contribution in [-0.4, -0.2) is 36.4 Å². The minimum atomic E-state index is -0.263. The SMILES string of the molecule is CCCOc1ccccc1N1C(=O)C(c2cccs2)=C(N2CCCCC2)C1=O. The summed E-state index contributed by atoms with van der Waals surface area (Å²) in [6.45, 7) is 4.19. The monoisotopic (exact) mass is 396 g/mol. The molecule has 0 saturated carbocycles. The molecule has 2 aromatic rings. The number of imide groups is 1. The van der Waals surface area contributed by atoms with E-state index in [1.807, 2.05) is 42.6 Å². The van der Waals surface area contributed by atoms with E-state index in [2.05, 4.69) is 4.90 Å². The summed E-state index contributed by atoms with van der Waals surface area (Å²) in [6, 6.07) is 11.1. The summed E-state index contributed by atoms with van der Waals surface area (Å²) < 4.78 is 5.83. The Morgan fingerprint density at radius 2 is 1.79 bits per heavy atom. The fourth-order valence-corrected chi connectivity index (χ4v) is 4.53. The predicted molar refractivity (Wildman–Crippen MR) is 111 cm³/mol. The Hall–Kier alpha value is -2.60. The fourth-order valence-electron chi connectivity index (χ4n) is 3.77. The number of nitrogens with zero attached hydrogens (tertiary/aromatic N) is 2. The molecule has 1 aromatic carbocycles. The minimum Gasteiger partial charge on any atom is -0.491 e. The molecular weight excluding hydrogens is 372 g/mol. The molecule has 1 aromatic heterocycles. The fraction of sp³-hybridized carbons (Fsp3) is 0.364. The highest BCUT2D eigenvalue weighted by atomic mass is 32.1. The van der Waals surface area contributed by atoms with Crippen molar-refractivity contribution >= 4 is 34.4 Å². The maximum Gasteiger partial charge on any atom is 0.282 e. The highest BCUT2D eigenvalue weighted by molar-refractivity contribution is 7.11. The van der Waals surface area contributed by atoms with Gasteiger partial charge in [-0.05, 0) is 49.3 Å². The number of ether oxygens (including phenoxy) is 1. The van der Waals surface area contributed by atoms with Crippen LogP contribution in [0, 0.1) is 0 Å². The second kappa shape index (κ2) is 8.19. The zero-order valence-corrected chi connectivity index (χ0v) is 16.8. The van der Waals surface area contributed by atoms with E-state index < -0.39 is 0 Å². The number of amides is 2. The maximum atomic E-state index is 13.5. The van der Waals surface area contributed by atoms with E-state index >= 15 is 0 Å². The molecule has 0 spiro atoms. The molecule has 1 saturated heterocycles. The van der Waals surface area contributed by atoms with Gasteiger partial charge in [0.25, 0.3) is 11.8 Å². The number of para-hydroxylation sites is 2. The van der Waals surface area contributed by atoms with Gasteiger partial charge in [-0.15, -0.1) is 11.3 Å². The number of anilines is 1. The highest BCUT2D eigenvalue weighted by Gasteiger charge is 2.43. The Bertz CT molecular complexity index is 898. The van der Waals surface area contributed by atoms with Crippen LogP contribution in [0.2, 0.25) is 0 Å². The summed E-state index contributed by atoms with van der Waals surface area (Å²) in [7, 11) is 0. The van der Waals surface area contributed by atoms with E-state index in [9.17, 15) is 9.59 Å². The van der Waals surface area contributed by atoms with Crippen molar-refractivity contribution in [1.29, 1.82) is 0 Å². The number of carbonyl (C=O) groups excluding carboxylic acids is 2. The average molecular weight is 397 g/mol. The molecule has 0 unspecified atom stereocenters. The number of hydrogen-bond donors (Lipinski definition) is 0. The zero-order chi connectivity index (χ0) is 19.5. The van der Waals surface area contributed by atoms with Crippen LogP contribution >= 0.6 is 11.3 Å². The molecule has 2 aliphatic heterocycles. The average Bonchev–Trinajstić information content (AvgIpc) is 3.33. The molecule has 1 fully saturated rings. The molecule has 6 heteroatoms. The first-order valence-corrected chi connectivity index (χ1v) is 10.7. The third-order valence-corrected chi connectivity index (χ3v) is 5.95. The zero-order valence-electron chi connectivity index (χ0n) is 16.0. The van der Waals surface area contributed by atoms with Crippen molar-refractivity contribution in [3.05, 3.63) is 52.4 Å². The summed E-state index contributed by atoms with van der Waals surface area (Å²) in [5.74, 6) is 0.0555. The molecule has 0 atom stereocenters. The smallest absolute Gasteiger partial charge is 0.282 e. The molecule has 0 bridgehead atoms. The van der Waals surface area contributed by atoms with Crippen LogP contribution in [0.25, 0.3) is 5.57 Å². The van der Waals surface area contributed by atoms with E-state index in [-0.39, 0.29) is 11.8 Å². The van der Waals surface area contributed by atoms with Crippen LogP contribution in [0.15, 0.2) is 47.5 Å². The second-order valence-electron chi connectivity index (χ2n) is 7.01. The normalized spacial score (nSPS) is 17.6. The van der Waals surface area contributed by atoms with Crippen LogP contribution in [0.3, 0.4) is 0 Å². The Labute approximate surface area is 169 Å². The van der Waals surface area contributed by atoms with Crippen molar-refractivity contribution in [2.45, 2.75) is 32.6 Å². The van der Waals surface area contributed by atoms with Crippen molar-refractivity contribution in [3.63, 3.8) is 0 Å². The van der Waals surface area contributed by atoms with Gasteiger partial charge in [-0.25, -0.2) is 4.90 Å². The van der Waals surface area contributed by atoms with Crippen molar-refractivity contribution in [2.24, 2.45) is 0 Å². The van der Waals surface area contributed by atoms with Crippen LogP contribution in [0.4, 0.5) is 5.69 Å². The number of thiophene rings is 1. The quantitative estimate of drug-likeness (QED) is 0.683. The summed E-state index contributed by atoms with van der Waals surface area (Å²) >= 11 is 1.49. The molecular formula is C22H24N2O3S. The summed E-state index contributed by atoms with van der Waals surface area (Å²) in [4.78, 5) is 31.2. The van der Waals surface area contributed by atoms with Gasteiger partial charge >= 0.3 is 0 Å². The first-order valence-electron chi connectivity index (χ1n) is 9.86.